The van der Waals surface area contributed by atoms with Gasteiger partial charge in [0.1, 0.15) is 5.54 Å². The Morgan fingerprint density at radius 1 is 1.21 bits per heavy atom. The van der Waals surface area contributed by atoms with E-state index in [0.717, 1.165) is 29.5 Å². The molecule has 1 aliphatic carbocycles. The molecule has 0 aromatic heterocycles. The lowest BCUT2D eigenvalue weighted by atomic mass is 9.80. The monoisotopic (exact) mass is 333 g/mol. The first-order valence-corrected chi connectivity index (χ1v) is 8.38. The highest BCUT2D eigenvalue weighted by Gasteiger charge is 2.44. The van der Waals surface area contributed by atoms with E-state index < -0.39 is 5.54 Å². The molecule has 0 unspecified atom stereocenters. The van der Waals surface area contributed by atoms with E-state index in [0.29, 0.717) is 12.8 Å². The van der Waals surface area contributed by atoms with Gasteiger partial charge in [0.05, 0.1) is 19.6 Å². The number of nitrogens with one attached hydrogen (secondary N) is 1. The number of amides is 1. The van der Waals surface area contributed by atoms with Crippen molar-refractivity contribution in [3.8, 4) is 0 Å². The molecule has 2 rings (SSSR count). The number of benzene rings is 1. The number of rotatable bonds is 5. The highest BCUT2D eigenvalue weighted by molar-refractivity contribution is 5.89. The second kappa shape index (κ2) is 7.79. The van der Waals surface area contributed by atoms with Crippen LogP contribution in [0.5, 0.6) is 0 Å². The molecular formula is C19H27NO4. The quantitative estimate of drug-likeness (QED) is 0.841. The Morgan fingerprint density at radius 2 is 1.88 bits per heavy atom. The molecule has 1 fully saturated rings. The summed E-state index contributed by atoms with van der Waals surface area (Å²) < 4.78 is 10.3. The molecule has 1 saturated carbocycles. The Bertz CT molecular complexity index is 603. The summed E-state index contributed by atoms with van der Waals surface area (Å²) in [5, 5.41) is 2.95. The Morgan fingerprint density at radius 3 is 2.46 bits per heavy atom. The van der Waals surface area contributed by atoms with Gasteiger partial charge in [-0.25, -0.2) is 4.79 Å². The summed E-state index contributed by atoms with van der Waals surface area (Å²) in [6.45, 7) is 3.99. The van der Waals surface area contributed by atoms with Gasteiger partial charge in [-0.1, -0.05) is 23.8 Å². The Hall–Kier alpha value is -1.88. The van der Waals surface area contributed by atoms with Crippen molar-refractivity contribution in [3.63, 3.8) is 0 Å². The van der Waals surface area contributed by atoms with E-state index in [1.807, 2.05) is 32.0 Å². The van der Waals surface area contributed by atoms with Crippen LogP contribution in [0.4, 0.5) is 0 Å². The first-order chi connectivity index (χ1) is 11.4. The van der Waals surface area contributed by atoms with Crippen LogP contribution in [0.15, 0.2) is 18.2 Å². The third-order valence-electron chi connectivity index (χ3n) is 4.93. The average molecular weight is 333 g/mol. The number of hydrogen-bond donors (Lipinski definition) is 1. The van der Waals surface area contributed by atoms with Gasteiger partial charge in [0, 0.05) is 7.11 Å². The van der Waals surface area contributed by atoms with Crippen LogP contribution < -0.4 is 5.32 Å². The van der Waals surface area contributed by atoms with Crippen LogP contribution in [-0.2, 0) is 25.5 Å². The highest BCUT2D eigenvalue weighted by atomic mass is 16.5. The molecule has 1 aliphatic rings. The van der Waals surface area contributed by atoms with Gasteiger partial charge in [-0.15, -0.1) is 0 Å². The van der Waals surface area contributed by atoms with Crippen LogP contribution in [0.25, 0.3) is 0 Å². The van der Waals surface area contributed by atoms with Gasteiger partial charge in [0.15, 0.2) is 0 Å². The summed E-state index contributed by atoms with van der Waals surface area (Å²) in [7, 11) is 3.04. The van der Waals surface area contributed by atoms with Crippen molar-refractivity contribution >= 4 is 11.9 Å². The maximum Gasteiger partial charge on any atom is 0.331 e. The van der Waals surface area contributed by atoms with Crippen molar-refractivity contribution in [2.75, 3.05) is 14.2 Å². The molecule has 0 atom stereocenters. The molecule has 0 aliphatic heterocycles. The SMILES string of the molecule is COC(=O)C1(NC(=O)Cc2cc(C)ccc2C)CCC(OC)CC1. The minimum absolute atomic E-state index is 0.138. The Labute approximate surface area is 143 Å². The summed E-state index contributed by atoms with van der Waals surface area (Å²) in [5.74, 6) is -0.517. The van der Waals surface area contributed by atoms with Crippen molar-refractivity contribution in [1.82, 2.24) is 5.32 Å². The van der Waals surface area contributed by atoms with Crippen LogP contribution in [0.1, 0.15) is 42.4 Å². The number of aryl methyl sites for hydroxylation is 2. The van der Waals surface area contributed by atoms with Crippen molar-refractivity contribution < 1.29 is 19.1 Å². The lowest BCUT2D eigenvalue weighted by Gasteiger charge is -2.38. The third kappa shape index (κ3) is 4.15. The average Bonchev–Trinajstić information content (AvgIpc) is 2.58. The van der Waals surface area contributed by atoms with Gasteiger partial charge in [0.25, 0.3) is 0 Å². The second-order valence-corrected chi connectivity index (χ2v) is 6.66. The molecule has 0 saturated heterocycles. The third-order valence-corrected chi connectivity index (χ3v) is 4.93. The van der Waals surface area contributed by atoms with Crippen LogP contribution in [0, 0.1) is 13.8 Å². The normalized spacial score (nSPS) is 23.6. The summed E-state index contributed by atoms with van der Waals surface area (Å²) in [4.78, 5) is 24.9. The highest BCUT2D eigenvalue weighted by Crippen LogP contribution is 2.31. The van der Waals surface area contributed by atoms with Crippen LogP contribution in [0.3, 0.4) is 0 Å². The number of carbonyl (C=O) groups is 2. The van der Waals surface area contributed by atoms with E-state index in [2.05, 4.69) is 5.32 Å². The van der Waals surface area contributed by atoms with Gasteiger partial charge >= 0.3 is 5.97 Å². The van der Waals surface area contributed by atoms with E-state index in [9.17, 15) is 9.59 Å². The van der Waals surface area contributed by atoms with Gasteiger partial charge in [-0.05, 0) is 50.7 Å². The maximum atomic E-state index is 12.6. The summed E-state index contributed by atoms with van der Waals surface area (Å²) >= 11 is 0. The molecule has 0 heterocycles. The molecule has 0 bridgehead atoms. The number of carbonyl (C=O) groups excluding carboxylic acids is 2. The standard InChI is InChI=1S/C19H27NO4/c1-13-5-6-14(2)15(11-13)12-17(21)20-19(18(22)24-4)9-7-16(23-3)8-10-19/h5-6,11,16H,7-10,12H2,1-4H3,(H,20,21). The fraction of sp³-hybridized carbons (Fsp3) is 0.579. The zero-order chi connectivity index (χ0) is 17.7. The van der Waals surface area contributed by atoms with Crippen molar-refractivity contribution in [3.05, 3.63) is 34.9 Å². The fourth-order valence-corrected chi connectivity index (χ4v) is 3.37. The Balaban J connectivity index is 2.10. The number of ether oxygens (including phenoxy) is 2. The van der Waals surface area contributed by atoms with E-state index in [4.69, 9.17) is 9.47 Å². The largest absolute Gasteiger partial charge is 0.467 e. The molecule has 5 heteroatoms. The van der Waals surface area contributed by atoms with E-state index in [1.165, 1.54) is 7.11 Å². The van der Waals surface area contributed by atoms with Crippen LogP contribution >= 0.6 is 0 Å². The number of hydrogen-bond acceptors (Lipinski definition) is 4. The summed E-state index contributed by atoms with van der Waals surface area (Å²) in [5.41, 5.74) is 2.24. The zero-order valence-electron chi connectivity index (χ0n) is 15.0. The first-order valence-electron chi connectivity index (χ1n) is 8.38. The molecule has 132 valence electrons. The zero-order valence-corrected chi connectivity index (χ0v) is 15.0. The van der Waals surface area contributed by atoms with E-state index in [-0.39, 0.29) is 24.4 Å². The lowest BCUT2D eigenvalue weighted by molar-refractivity contribution is -0.153. The van der Waals surface area contributed by atoms with Crippen LogP contribution in [-0.4, -0.2) is 37.7 Å². The Kier molecular flexibility index (Phi) is 5.99. The smallest absolute Gasteiger partial charge is 0.331 e. The molecular weight excluding hydrogens is 306 g/mol. The fourth-order valence-electron chi connectivity index (χ4n) is 3.37. The maximum absolute atomic E-state index is 12.6. The van der Waals surface area contributed by atoms with E-state index >= 15 is 0 Å². The molecule has 0 radical (unpaired) electrons. The molecule has 1 aromatic rings. The van der Waals surface area contributed by atoms with Gasteiger partial charge in [-0.2, -0.15) is 0 Å². The van der Waals surface area contributed by atoms with Crippen molar-refractivity contribution in [1.29, 1.82) is 0 Å². The predicted octanol–water partition coefficient (Wildman–Crippen LogP) is 2.46. The predicted molar refractivity (Wildman–Crippen MR) is 91.8 cm³/mol. The minimum Gasteiger partial charge on any atom is -0.467 e. The van der Waals surface area contributed by atoms with E-state index in [1.54, 1.807) is 7.11 Å². The molecule has 1 amide bonds. The van der Waals surface area contributed by atoms with Gasteiger partial charge < -0.3 is 14.8 Å². The van der Waals surface area contributed by atoms with Gasteiger partial charge in [-0.3, -0.25) is 4.79 Å². The van der Waals surface area contributed by atoms with Crippen molar-refractivity contribution in [2.45, 2.75) is 57.6 Å². The van der Waals surface area contributed by atoms with Gasteiger partial charge in [0.2, 0.25) is 5.91 Å². The number of esters is 1. The minimum atomic E-state index is -0.932. The number of methoxy groups -OCH3 is 2. The second-order valence-electron chi connectivity index (χ2n) is 6.66. The topological polar surface area (TPSA) is 64.6 Å². The van der Waals surface area contributed by atoms with Crippen molar-refractivity contribution in [2.24, 2.45) is 0 Å². The molecule has 1 N–H and O–H groups in total. The lowest BCUT2D eigenvalue weighted by Crippen LogP contribution is -2.57. The first kappa shape index (κ1) is 18.5. The summed E-state index contributed by atoms with van der Waals surface area (Å²) in [6.07, 6.45) is 2.94. The summed E-state index contributed by atoms with van der Waals surface area (Å²) in [6, 6.07) is 6.05. The molecule has 0 spiro atoms. The molecule has 5 nitrogen and oxygen atoms in total. The molecule has 24 heavy (non-hydrogen) atoms. The molecule has 1 aromatic carbocycles. The van der Waals surface area contributed by atoms with Crippen LogP contribution in [0.2, 0.25) is 0 Å².